The average Bonchev–Trinajstić information content (AvgIpc) is 2.43. The Labute approximate surface area is 87.4 Å². The van der Waals surface area contributed by atoms with Crippen LogP contribution in [0.15, 0.2) is 0 Å². The first kappa shape index (κ1) is 12.0. The normalized spacial score (nSPS) is 34.3. The molecule has 1 rings (SSSR count). The van der Waals surface area contributed by atoms with Crippen molar-refractivity contribution >= 4 is 0 Å². The number of hydrogen-bond acceptors (Lipinski definition) is 3. The van der Waals surface area contributed by atoms with Crippen molar-refractivity contribution in [1.82, 2.24) is 4.90 Å². The molecule has 0 saturated carbocycles. The van der Waals surface area contributed by atoms with E-state index in [9.17, 15) is 0 Å². The second-order valence-corrected chi connectivity index (χ2v) is 4.41. The van der Waals surface area contributed by atoms with Crippen LogP contribution in [0.3, 0.4) is 0 Å². The van der Waals surface area contributed by atoms with E-state index in [-0.39, 0.29) is 5.72 Å². The Hall–Kier alpha value is -0.120. The van der Waals surface area contributed by atoms with E-state index in [4.69, 9.17) is 9.47 Å². The van der Waals surface area contributed by atoms with Gasteiger partial charge in [-0.25, -0.2) is 0 Å². The van der Waals surface area contributed by atoms with Crippen LogP contribution in [0.2, 0.25) is 0 Å². The molecule has 1 aliphatic rings. The molecular weight excluding hydrogens is 178 g/mol. The van der Waals surface area contributed by atoms with Crippen molar-refractivity contribution in [2.75, 3.05) is 26.9 Å². The van der Waals surface area contributed by atoms with E-state index in [1.165, 1.54) is 0 Å². The number of ether oxygens (including phenoxy) is 2. The van der Waals surface area contributed by atoms with Crippen LogP contribution in [0.4, 0.5) is 0 Å². The van der Waals surface area contributed by atoms with Crippen LogP contribution in [0.1, 0.15) is 27.7 Å². The molecule has 0 spiro atoms. The molecular formula is C11H23NO2. The molecule has 0 bridgehead atoms. The fourth-order valence-electron chi connectivity index (χ4n) is 1.98. The predicted octanol–water partition coefficient (Wildman–Crippen LogP) is 1.73. The lowest BCUT2D eigenvalue weighted by molar-refractivity contribution is -0.153. The zero-order valence-corrected chi connectivity index (χ0v) is 10.0. The summed E-state index contributed by atoms with van der Waals surface area (Å²) in [6.45, 7) is 10.8. The summed E-state index contributed by atoms with van der Waals surface area (Å²) in [5, 5.41) is 0. The van der Waals surface area contributed by atoms with E-state index in [0.29, 0.717) is 18.6 Å². The van der Waals surface area contributed by atoms with Gasteiger partial charge in [0.25, 0.3) is 0 Å². The first-order chi connectivity index (χ1) is 6.54. The van der Waals surface area contributed by atoms with Gasteiger partial charge in [0.05, 0.1) is 13.2 Å². The van der Waals surface area contributed by atoms with E-state index in [0.717, 1.165) is 13.2 Å². The number of hydrogen-bond donors (Lipinski definition) is 0. The van der Waals surface area contributed by atoms with Gasteiger partial charge < -0.3 is 9.47 Å². The molecule has 0 N–H and O–H groups in total. The molecule has 0 aliphatic carbocycles. The van der Waals surface area contributed by atoms with Crippen molar-refractivity contribution in [3.05, 3.63) is 0 Å². The smallest absolute Gasteiger partial charge is 0.147 e. The van der Waals surface area contributed by atoms with Gasteiger partial charge in [0.15, 0.2) is 0 Å². The van der Waals surface area contributed by atoms with Crippen LogP contribution in [0.5, 0.6) is 0 Å². The van der Waals surface area contributed by atoms with Crippen LogP contribution in [0, 0.1) is 5.92 Å². The Morgan fingerprint density at radius 1 is 1.57 bits per heavy atom. The molecule has 0 radical (unpaired) electrons. The fraction of sp³-hybridized carbons (Fsp3) is 1.00. The van der Waals surface area contributed by atoms with Crippen LogP contribution < -0.4 is 0 Å². The van der Waals surface area contributed by atoms with Gasteiger partial charge in [-0.05, 0) is 26.8 Å². The molecule has 1 fully saturated rings. The lowest BCUT2D eigenvalue weighted by Crippen LogP contribution is -2.52. The Morgan fingerprint density at radius 3 is 2.57 bits per heavy atom. The van der Waals surface area contributed by atoms with Crippen molar-refractivity contribution in [1.29, 1.82) is 0 Å². The van der Waals surface area contributed by atoms with Crippen molar-refractivity contribution in [3.63, 3.8) is 0 Å². The molecule has 1 saturated heterocycles. The summed E-state index contributed by atoms with van der Waals surface area (Å²) in [6, 6.07) is 0.484. The Kier molecular flexibility index (Phi) is 3.93. The maximum atomic E-state index is 5.93. The monoisotopic (exact) mass is 201 g/mol. The molecule has 0 aromatic rings. The highest BCUT2D eigenvalue weighted by Gasteiger charge is 2.46. The van der Waals surface area contributed by atoms with Crippen LogP contribution >= 0.6 is 0 Å². The van der Waals surface area contributed by atoms with Gasteiger partial charge in [-0.15, -0.1) is 0 Å². The van der Waals surface area contributed by atoms with Crippen molar-refractivity contribution in [3.8, 4) is 0 Å². The zero-order valence-electron chi connectivity index (χ0n) is 10.0. The van der Waals surface area contributed by atoms with Crippen LogP contribution in [0.25, 0.3) is 0 Å². The molecule has 0 aromatic carbocycles. The highest BCUT2D eigenvalue weighted by Crippen LogP contribution is 2.33. The lowest BCUT2D eigenvalue weighted by Gasteiger charge is -2.39. The second-order valence-electron chi connectivity index (χ2n) is 4.41. The van der Waals surface area contributed by atoms with Gasteiger partial charge in [-0.2, -0.15) is 0 Å². The van der Waals surface area contributed by atoms with E-state index in [2.05, 4.69) is 32.7 Å². The fourth-order valence-corrected chi connectivity index (χ4v) is 1.98. The predicted molar refractivity (Wildman–Crippen MR) is 57.2 cm³/mol. The number of nitrogens with zero attached hydrogens (tertiary/aromatic N) is 1. The third kappa shape index (κ3) is 1.95. The highest BCUT2D eigenvalue weighted by molar-refractivity contribution is 4.91. The molecule has 3 nitrogen and oxygen atoms in total. The summed E-state index contributed by atoms with van der Waals surface area (Å²) >= 11 is 0. The third-order valence-electron chi connectivity index (χ3n) is 3.25. The topological polar surface area (TPSA) is 21.7 Å². The van der Waals surface area contributed by atoms with Gasteiger partial charge >= 0.3 is 0 Å². The summed E-state index contributed by atoms with van der Waals surface area (Å²) in [6.07, 6.45) is 0. The minimum Gasteiger partial charge on any atom is -0.377 e. The molecule has 1 heterocycles. The molecule has 0 amide bonds. The molecule has 0 unspecified atom stereocenters. The van der Waals surface area contributed by atoms with Gasteiger partial charge in [0, 0.05) is 12.6 Å². The van der Waals surface area contributed by atoms with Crippen LogP contribution in [-0.2, 0) is 9.47 Å². The summed E-state index contributed by atoms with van der Waals surface area (Å²) in [4.78, 5) is 2.30. The molecule has 3 heteroatoms. The second kappa shape index (κ2) is 4.60. The lowest BCUT2D eigenvalue weighted by atomic mass is 9.99. The molecule has 0 aromatic heterocycles. The Morgan fingerprint density at radius 2 is 2.21 bits per heavy atom. The zero-order chi connectivity index (χ0) is 10.8. The van der Waals surface area contributed by atoms with E-state index in [1.54, 1.807) is 0 Å². The first-order valence-electron chi connectivity index (χ1n) is 5.49. The van der Waals surface area contributed by atoms with Crippen molar-refractivity contribution < 1.29 is 9.47 Å². The summed E-state index contributed by atoms with van der Waals surface area (Å²) in [7, 11) is 2.12. The average molecular weight is 201 g/mol. The largest absolute Gasteiger partial charge is 0.377 e. The van der Waals surface area contributed by atoms with E-state index >= 15 is 0 Å². The van der Waals surface area contributed by atoms with Gasteiger partial charge in [0.1, 0.15) is 5.72 Å². The summed E-state index contributed by atoms with van der Waals surface area (Å²) in [5.41, 5.74) is -0.213. The molecule has 1 aliphatic heterocycles. The quantitative estimate of drug-likeness (QED) is 0.691. The summed E-state index contributed by atoms with van der Waals surface area (Å²) in [5.74, 6) is 0.448. The van der Waals surface area contributed by atoms with Gasteiger partial charge in [-0.1, -0.05) is 13.8 Å². The number of rotatable bonds is 4. The van der Waals surface area contributed by atoms with Crippen molar-refractivity contribution in [2.45, 2.75) is 39.5 Å². The maximum Gasteiger partial charge on any atom is 0.147 e. The van der Waals surface area contributed by atoms with E-state index < -0.39 is 0 Å². The summed E-state index contributed by atoms with van der Waals surface area (Å²) < 4.78 is 11.5. The standard InChI is InChI=1S/C11H23NO2/c1-6-13-8-11(9(2)3)12(5)10(4)7-14-11/h9-10H,6-8H2,1-5H3/t10-,11+/m1/s1. The van der Waals surface area contributed by atoms with Gasteiger partial charge in [0.2, 0.25) is 0 Å². The third-order valence-corrected chi connectivity index (χ3v) is 3.25. The van der Waals surface area contributed by atoms with Gasteiger partial charge in [-0.3, -0.25) is 4.90 Å². The first-order valence-corrected chi connectivity index (χ1v) is 5.49. The minimum atomic E-state index is -0.213. The SMILES string of the molecule is CCOC[C@@]1(C(C)C)OC[C@@H](C)N1C. The molecule has 14 heavy (non-hydrogen) atoms. The van der Waals surface area contributed by atoms with E-state index in [1.807, 2.05) is 6.92 Å². The van der Waals surface area contributed by atoms with Crippen molar-refractivity contribution in [2.24, 2.45) is 5.92 Å². The van der Waals surface area contributed by atoms with Crippen LogP contribution in [-0.4, -0.2) is 43.5 Å². The minimum absolute atomic E-state index is 0.213. The molecule has 2 atom stereocenters. The number of likely N-dealkylation sites (N-methyl/N-ethyl adjacent to an activating group) is 1. The Balaban J connectivity index is 2.72. The maximum absolute atomic E-state index is 5.93. The molecule has 84 valence electrons. The highest BCUT2D eigenvalue weighted by atomic mass is 16.6. The Bertz CT molecular complexity index is 184.